The molecule has 0 aliphatic carbocycles. The van der Waals surface area contributed by atoms with Crippen LogP contribution in [0.15, 0.2) is 24.3 Å². The molecule has 0 radical (unpaired) electrons. The zero-order valence-corrected chi connectivity index (χ0v) is 20.1. The zero-order valence-electron chi connectivity index (χ0n) is 19.3. The van der Waals surface area contributed by atoms with E-state index < -0.39 is 5.60 Å². The molecule has 0 bridgehead atoms. The number of aromatic nitrogens is 1. The first kappa shape index (κ1) is 24.4. The molecule has 0 amide bonds. The first-order valence-electron chi connectivity index (χ1n) is 10.7. The van der Waals surface area contributed by atoms with Gasteiger partial charge in [0.1, 0.15) is 5.60 Å². The second-order valence-electron chi connectivity index (χ2n) is 9.64. The van der Waals surface area contributed by atoms with Gasteiger partial charge in [-0.3, -0.25) is 4.98 Å². The lowest BCUT2D eigenvalue weighted by Gasteiger charge is -2.25. The standard InChI is InChI=1S/C25H35ClN2O2/c1-15(2)12-20-19(14-27)22(17-8-10-18(26)11-9-17)23(21(28-20)13-16(3)4)24(29)30-25(5,6)7/h8-11,15-16H,12-14,27H2,1-7H3. The number of rotatable bonds is 7. The van der Waals surface area contributed by atoms with Crippen LogP contribution in [-0.2, 0) is 24.1 Å². The monoisotopic (exact) mass is 430 g/mol. The van der Waals surface area contributed by atoms with Crippen LogP contribution in [0.3, 0.4) is 0 Å². The van der Waals surface area contributed by atoms with Gasteiger partial charge in [0, 0.05) is 22.8 Å². The van der Waals surface area contributed by atoms with E-state index in [-0.39, 0.29) is 5.97 Å². The molecule has 1 aromatic heterocycles. The Kier molecular flexibility index (Phi) is 8.06. The molecule has 0 unspecified atom stereocenters. The number of pyridine rings is 1. The molecule has 0 aliphatic rings. The van der Waals surface area contributed by atoms with Crippen molar-refractivity contribution in [2.24, 2.45) is 17.6 Å². The highest BCUT2D eigenvalue weighted by Gasteiger charge is 2.29. The molecule has 1 heterocycles. The minimum Gasteiger partial charge on any atom is -0.456 e. The molecule has 0 spiro atoms. The topological polar surface area (TPSA) is 65.2 Å². The van der Waals surface area contributed by atoms with Gasteiger partial charge in [0.15, 0.2) is 0 Å². The maximum absolute atomic E-state index is 13.4. The summed E-state index contributed by atoms with van der Waals surface area (Å²) in [5, 5.41) is 0.644. The van der Waals surface area contributed by atoms with Crippen LogP contribution in [0.4, 0.5) is 0 Å². The van der Waals surface area contributed by atoms with E-state index in [0.29, 0.717) is 35.4 Å². The van der Waals surface area contributed by atoms with E-state index in [4.69, 9.17) is 27.1 Å². The Morgan fingerprint density at radius 2 is 1.57 bits per heavy atom. The van der Waals surface area contributed by atoms with Crippen molar-refractivity contribution in [2.45, 2.75) is 73.5 Å². The summed E-state index contributed by atoms with van der Waals surface area (Å²) in [7, 11) is 0. The number of esters is 1. The van der Waals surface area contributed by atoms with Crippen molar-refractivity contribution in [3.63, 3.8) is 0 Å². The molecule has 164 valence electrons. The molecule has 0 fully saturated rings. The highest BCUT2D eigenvalue weighted by molar-refractivity contribution is 6.30. The second-order valence-corrected chi connectivity index (χ2v) is 10.1. The average Bonchev–Trinajstić information content (AvgIpc) is 2.59. The Morgan fingerprint density at radius 3 is 2.03 bits per heavy atom. The summed E-state index contributed by atoms with van der Waals surface area (Å²) in [6.07, 6.45) is 1.48. The van der Waals surface area contributed by atoms with Crippen molar-refractivity contribution < 1.29 is 9.53 Å². The lowest BCUT2D eigenvalue weighted by molar-refractivity contribution is 0.00684. The van der Waals surface area contributed by atoms with Crippen LogP contribution in [0, 0.1) is 11.8 Å². The average molecular weight is 431 g/mol. The van der Waals surface area contributed by atoms with Gasteiger partial charge in [-0.1, -0.05) is 51.4 Å². The van der Waals surface area contributed by atoms with Crippen molar-refractivity contribution in [3.05, 3.63) is 51.8 Å². The third kappa shape index (κ3) is 6.29. The van der Waals surface area contributed by atoms with Crippen molar-refractivity contribution in [1.29, 1.82) is 0 Å². The van der Waals surface area contributed by atoms with Gasteiger partial charge in [0.05, 0.1) is 11.3 Å². The summed E-state index contributed by atoms with van der Waals surface area (Å²) < 4.78 is 5.81. The SMILES string of the molecule is CC(C)Cc1nc(CC(C)C)c(C(=O)OC(C)(C)C)c(-c2ccc(Cl)cc2)c1CN. The number of carbonyl (C=O) groups excluding carboxylic acids is 1. The molecule has 4 nitrogen and oxygen atoms in total. The Hall–Kier alpha value is -1.91. The Labute approximate surface area is 186 Å². The summed E-state index contributed by atoms with van der Waals surface area (Å²) >= 11 is 6.13. The van der Waals surface area contributed by atoms with Crippen LogP contribution in [0.25, 0.3) is 11.1 Å². The van der Waals surface area contributed by atoms with E-state index >= 15 is 0 Å². The highest BCUT2D eigenvalue weighted by atomic mass is 35.5. The van der Waals surface area contributed by atoms with Gasteiger partial charge in [0.2, 0.25) is 0 Å². The van der Waals surface area contributed by atoms with Gasteiger partial charge < -0.3 is 10.5 Å². The van der Waals surface area contributed by atoms with Crippen molar-refractivity contribution in [2.75, 3.05) is 0 Å². The Balaban J connectivity index is 2.88. The fourth-order valence-corrected chi connectivity index (χ4v) is 3.65. The molecule has 30 heavy (non-hydrogen) atoms. The largest absolute Gasteiger partial charge is 0.456 e. The van der Waals surface area contributed by atoms with E-state index in [0.717, 1.165) is 34.5 Å². The summed E-state index contributed by atoms with van der Waals surface area (Å²) in [6.45, 7) is 14.5. The maximum atomic E-state index is 13.4. The van der Waals surface area contributed by atoms with Crippen LogP contribution in [0.1, 0.15) is 75.8 Å². The summed E-state index contributed by atoms with van der Waals surface area (Å²) in [5.74, 6) is 0.397. The summed E-state index contributed by atoms with van der Waals surface area (Å²) in [4.78, 5) is 18.4. The molecular weight excluding hydrogens is 396 g/mol. The fraction of sp³-hybridized carbons (Fsp3) is 0.520. The van der Waals surface area contributed by atoms with Crippen molar-refractivity contribution in [3.8, 4) is 11.1 Å². The van der Waals surface area contributed by atoms with E-state index in [1.807, 2.05) is 45.0 Å². The number of nitrogens with two attached hydrogens (primary N) is 1. The van der Waals surface area contributed by atoms with E-state index in [2.05, 4.69) is 27.7 Å². The number of benzene rings is 1. The number of carbonyl (C=O) groups is 1. The number of hydrogen-bond acceptors (Lipinski definition) is 4. The normalized spacial score (nSPS) is 12.0. The lowest BCUT2D eigenvalue weighted by Crippen LogP contribution is -2.27. The smallest absolute Gasteiger partial charge is 0.341 e. The molecule has 0 aliphatic heterocycles. The molecule has 1 aromatic carbocycles. The van der Waals surface area contributed by atoms with Crippen LogP contribution in [-0.4, -0.2) is 16.6 Å². The van der Waals surface area contributed by atoms with Crippen LogP contribution in [0.5, 0.6) is 0 Å². The molecule has 0 atom stereocenters. The molecular formula is C25H35ClN2O2. The predicted octanol–water partition coefficient (Wildman–Crippen LogP) is 6.21. The van der Waals surface area contributed by atoms with Crippen molar-refractivity contribution in [1.82, 2.24) is 4.98 Å². The first-order valence-corrected chi connectivity index (χ1v) is 11.0. The third-order valence-corrected chi connectivity index (χ3v) is 4.85. The number of nitrogens with zero attached hydrogens (tertiary/aromatic N) is 1. The zero-order chi connectivity index (χ0) is 22.6. The Morgan fingerprint density at radius 1 is 1.03 bits per heavy atom. The molecule has 2 aromatic rings. The predicted molar refractivity (Wildman–Crippen MR) is 125 cm³/mol. The van der Waals surface area contributed by atoms with E-state index in [1.54, 1.807) is 0 Å². The van der Waals surface area contributed by atoms with E-state index in [1.165, 1.54) is 0 Å². The molecule has 5 heteroatoms. The van der Waals surface area contributed by atoms with Gasteiger partial charge >= 0.3 is 5.97 Å². The minimum atomic E-state index is -0.608. The van der Waals surface area contributed by atoms with Gasteiger partial charge in [-0.15, -0.1) is 0 Å². The quantitative estimate of drug-likeness (QED) is 0.530. The maximum Gasteiger partial charge on any atom is 0.341 e. The number of ether oxygens (including phenoxy) is 1. The molecule has 2 N–H and O–H groups in total. The van der Waals surface area contributed by atoms with Gasteiger partial charge in [0.25, 0.3) is 0 Å². The fourth-order valence-electron chi connectivity index (χ4n) is 3.52. The van der Waals surface area contributed by atoms with Gasteiger partial charge in [-0.2, -0.15) is 0 Å². The van der Waals surface area contributed by atoms with Crippen LogP contribution < -0.4 is 5.73 Å². The number of halogens is 1. The Bertz CT molecular complexity index is 882. The highest BCUT2D eigenvalue weighted by Crippen LogP contribution is 2.35. The summed E-state index contributed by atoms with van der Waals surface area (Å²) in [5.41, 5.74) is 10.5. The molecule has 2 rings (SSSR count). The van der Waals surface area contributed by atoms with Gasteiger partial charge in [-0.25, -0.2) is 4.79 Å². The molecule has 0 saturated heterocycles. The first-order chi connectivity index (χ1) is 13.9. The number of hydrogen-bond donors (Lipinski definition) is 1. The summed E-state index contributed by atoms with van der Waals surface area (Å²) in [6, 6.07) is 7.54. The van der Waals surface area contributed by atoms with Crippen molar-refractivity contribution >= 4 is 17.6 Å². The molecule has 0 saturated carbocycles. The van der Waals surface area contributed by atoms with Crippen LogP contribution in [0.2, 0.25) is 5.02 Å². The lowest BCUT2D eigenvalue weighted by atomic mass is 9.88. The second kappa shape index (κ2) is 9.93. The van der Waals surface area contributed by atoms with Gasteiger partial charge in [-0.05, 0) is 68.7 Å². The third-order valence-electron chi connectivity index (χ3n) is 4.60. The van der Waals surface area contributed by atoms with E-state index in [9.17, 15) is 4.79 Å². The minimum absolute atomic E-state index is 0.296. The van der Waals surface area contributed by atoms with Crippen LogP contribution >= 0.6 is 11.6 Å².